The summed E-state index contributed by atoms with van der Waals surface area (Å²) < 4.78 is 13.3. The van der Waals surface area contributed by atoms with Gasteiger partial charge in [0, 0.05) is 17.7 Å². The van der Waals surface area contributed by atoms with Crippen molar-refractivity contribution in [2.75, 3.05) is 0 Å². The molecule has 0 aromatic heterocycles. The van der Waals surface area contributed by atoms with Gasteiger partial charge in [0.2, 0.25) is 0 Å². The molecule has 0 spiro atoms. The quantitative estimate of drug-likeness (QED) is 0.882. The molecule has 0 unspecified atom stereocenters. The van der Waals surface area contributed by atoms with E-state index in [1.54, 1.807) is 30.3 Å². The van der Waals surface area contributed by atoms with Crippen molar-refractivity contribution in [3.8, 4) is 0 Å². The minimum atomic E-state index is -0.304. The third-order valence-electron chi connectivity index (χ3n) is 2.71. The van der Waals surface area contributed by atoms with E-state index in [0.717, 1.165) is 5.56 Å². The molecule has 0 saturated heterocycles. The summed E-state index contributed by atoms with van der Waals surface area (Å²) in [6.45, 7) is 2.15. The van der Waals surface area contributed by atoms with Crippen LogP contribution in [0.15, 0.2) is 48.5 Å². The third-order valence-corrected chi connectivity index (χ3v) is 2.71. The fourth-order valence-electron chi connectivity index (χ4n) is 1.62. The van der Waals surface area contributed by atoms with Gasteiger partial charge in [0.1, 0.15) is 5.82 Å². The van der Waals surface area contributed by atoms with Crippen molar-refractivity contribution in [1.82, 2.24) is 5.32 Å². The number of benzene rings is 2. The van der Waals surface area contributed by atoms with Gasteiger partial charge in [-0.3, -0.25) is 4.79 Å². The predicted molar refractivity (Wildman–Crippen MR) is 68.7 cm³/mol. The molecule has 2 rings (SSSR count). The van der Waals surface area contributed by atoms with Gasteiger partial charge < -0.3 is 5.32 Å². The molecular formula is C15H14FNO. The summed E-state index contributed by atoms with van der Waals surface area (Å²) in [6, 6.07) is 13.7. The Bertz CT molecular complexity index is 549. The number of rotatable bonds is 3. The molecule has 0 saturated carbocycles. The topological polar surface area (TPSA) is 29.1 Å². The lowest BCUT2D eigenvalue weighted by Gasteiger charge is -2.06. The summed E-state index contributed by atoms with van der Waals surface area (Å²) in [5.74, 6) is -0.500. The molecule has 0 aliphatic heterocycles. The molecule has 2 aromatic carbocycles. The van der Waals surface area contributed by atoms with Gasteiger partial charge in [-0.05, 0) is 25.1 Å². The van der Waals surface area contributed by atoms with E-state index in [2.05, 4.69) is 5.32 Å². The highest BCUT2D eigenvalue weighted by atomic mass is 19.1. The molecule has 0 aliphatic rings. The van der Waals surface area contributed by atoms with E-state index < -0.39 is 0 Å². The molecule has 0 heterocycles. The number of carbonyl (C=O) groups excluding carboxylic acids is 1. The Hall–Kier alpha value is -2.16. The van der Waals surface area contributed by atoms with Crippen LogP contribution in [0.2, 0.25) is 0 Å². The van der Waals surface area contributed by atoms with E-state index in [9.17, 15) is 9.18 Å². The fourth-order valence-corrected chi connectivity index (χ4v) is 1.62. The molecular weight excluding hydrogens is 229 g/mol. The highest BCUT2D eigenvalue weighted by molar-refractivity contribution is 5.94. The first-order chi connectivity index (χ1) is 8.66. The molecule has 0 radical (unpaired) electrons. The van der Waals surface area contributed by atoms with Gasteiger partial charge >= 0.3 is 0 Å². The van der Waals surface area contributed by atoms with Crippen LogP contribution in [-0.2, 0) is 6.54 Å². The lowest BCUT2D eigenvalue weighted by atomic mass is 10.1. The summed E-state index contributed by atoms with van der Waals surface area (Å²) >= 11 is 0. The van der Waals surface area contributed by atoms with Gasteiger partial charge in [0.15, 0.2) is 0 Å². The molecule has 2 nitrogen and oxygen atoms in total. The maximum absolute atomic E-state index is 13.3. The van der Waals surface area contributed by atoms with E-state index in [1.807, 2.05) is 19.1 Å². The Morgan fingerprint density at radius 1 is 1.11 bits per heavy atom. The molecule has 0 atom stereocenters. The van der Waals surface area contributed by atoms with Crippen molar-refractivity contribution in [3.05, 3.63) is 71.0 Å². The summed E-state index contributed by atoms with van der Waals surface area (Å²) in [6.07, 6.45) is 0. The largest absolute Gasteiger partial charge is 0.348 e. The van der Waals surface area contributed by atoms with Gasteiger partial charge in [-0.1, -0.05) is 35.9 Å². The molecule has 3 heteroatoms. The molecule has 18 heavy (non-hydrogen) atoms. The van der Waals surface area contributed by atoms with E-state index >= 15 is 0 Å². The Labute approximate surface area is 105 Å². The Kier molecular flexibility index (Phi) is 3.72. The fraction of sp³-hybridized carbons (Fsp3) is 0.133. The van der Waals surface area contributed by atoms with Gasteiger partial charge in [-0.15, -0.1) is 0 Å². The summed E-state index contributed by atoms with van der Waals surface area (Å²) in [5, 5.41) is 2.70. The molecule has 0 fully saturated rings. The first-order valence-corrected chi connectivity index (χ1v) is 5.75. The normalized spacial score (nSPS) is 10.1. The zero-order chi connectivity index (χ0) is 13.0. The lowest BCUT2D eigenvalue weighted by molar-refractivity contribution is 0.0950. The maximum atomic E-state index is 13.3. The van der Waals surface area contributed by atoms with Crippen molar-refractivity contribution < 1.29 is 9.18 Å². The van der Waals surface area contributed by atoms with Crippen molar-refractivity contribution in [3.63, 3.8) is 0 Å². The van der Waals surface area contributed by atoms with Crippen LogP contribution in [0.4, 0.5) is 4.39 Å². The van der Waals surface area contributed by atoms with Crippen LogP contribution in [-0.4, -0.2) is 5.91 Å². The van der Waals surface area contributed by atoms with Crippen LogP contribution < -0.4 is 5.32 Å². The second kappa shape index (κ2) is 5.45. The maximum Gasteiger partial charge on any atom is 0.251 e. The van der Waals surface area contributed by atoms with Gasteiger partial charge in [-0.2, -0.15) is 0 Å². The molecule has 1 amide bonds. The van der Waals surface area contributed by atoms with E-state index in [-0.39, 0.29) is 18.3 Å². The number of carbonyl (C=O) groups is 1. The smallest absolute Gasteiger partial charge is 0.251 e. The second-order valence-electron chi connectivity index (χ2n) is 4.14. The van der Waals surface area contributed by atoms with Crippen LogP contribution in [0, 0.1) is 12.7 Å². The van der Waals surface area contributed by atoms with Crippen LogP contribution >= 0.6 is 0 Å². The monoisotopic (exact) mass is 243 g/mol. The predicted octanol–water partition coefficient (Wildman–Crippen LogP) is 3.06. The average Bonchev–Trinajstić information content (AvgIpc) is 2.38. The number of hydrogen-bond acceptors (Lipinski definition) is 1. The Morgan fingerprint density at radius 2 is 1.78 bits per heavy atom. The summed E-state index contributed by atoms with van der Waals surface area (Å²) in [4.78, 5) is 11.8. The number of hydrogen-bond donors (Lipinski definition) is 1. The standard InChI is InChI=1S/C15H14FNO/c1-11-6-8-12(9-7-11)15(18)17-10-13-4-2-3-5-14(13)16/h2-9H,10H2,1H3,(H,17,18). The molecule has 92 valence electrons. The van der Waals surface area contributed by atoms with Crippen LogP contribution in [0.5, 0.6) is 0 Å². The Balaban J connectivity index is 2.01. The molecule has 0 aliphatic carbocycles. The molecule has 1 N–H and O–H groups in total. The van der Waals surface area contributed by atoms with Crippen LogP contribution in [0.3, 0.4) is 0 Å². The second-order valence-corrected chi connectivity index (χ2v) is 4.14. The summed E-state index contributed by atoms with van der Waals surface area (Å²) in [7, 11) is 0. The average molecular weight is 243 g/mol. The molecule has 2 aromatic rings. The van der Waals surface area contributed by atoms with E-state index in [1.165, 1.54) is 6.07 Å². The highest BCUT2D eigenvalue weighted by Gasteiger charge is 2.06. The summed E-state index contributed by atoms with van der Waals surface area (Å²) in [5.41, 5.74) is 2.16. The van der Waals surface area contributed by atoms with Gasteiger partial charge in [0.25, 0.3) is 5.91 Å². The number of halogens is 1. The third kappa shape index (κ3) is 2.94. The number of amides is 1. The number of aryl methyl sites for hydroxylation is 1. The van der Waals surface area contributed by atoms with Crippen molar-refractivity contribution >= 4 is 5.91 Å². The van der Waals surface area contributed by atoms with E-state index in [4.69, 9.17) is 0 Å². The van der Waals surface area contributed by atoms with Crippen molar-refractivity contribution in [2.24, 2.45) is 0 Å². The van der Waals surface area contributed by atoms with Crippen LogP contribution in [0.25, 0.3) is 0 Å². The SMILES string of the molecule is Cc1ccc(C(=O)NCc2ccccc2F)cc1. The minimum Gasteiger partial charge on any atom is -0.348 e. The zero-order valence-corrected chi connectivity index (χ0v) is 10.1. The first kappa shape index (κ1) is 12.3. The van der Waals surface area contributed by atoms with Gasteiger partial charge in [0.05, 0.1) is 0 Å². The van der Waals surface area contributed by atoms with Crippen LogP contribution in [0.1, 0.15) is 21.5 Å². The minimum absolute atomic E-state index is 0.194. The van der Waals surface area contributed by atoms with Crippen molar-refractivity contribution in [2.45, 2.75) is 13.5 Å². The molecule has 0 bridgehead atoms. The van der Waals surface area contributed by atoms with Gasteiger partial charge in [-0.25, -0.2) is 4.39 Å². The highest BCUT2D eigenvalue weighted by Crippen LogP contribution is 2.07. The lowest BCUT2D eigenvalue weighted by Crippen LogP contribution is -2.23. The van der Waals surface area contributed by atoms with E-state index in [0.29, 0.717) is 11.1 Å². The van der Waals surface area contributed by atoms with Crippen molar-refractivity contribution in [1.29, 1.82) is 0 Å². The first-order valence-electron chi connectivity index (χ1n) is 5.75. The zero-order valence-electron chi connectivity index (χ0n) is 10.1. The number of nitrogens with one attached hydrogen (secondary N) is 1. The Morgan fingerprint density at radius 3 is 2.44 bits per heavy atom.